The van der Waals surface area contributed by atoms with Gasteiger partial charge in [0.2, 0.25) is 5.91 Å². The molecule has 3 fully saturated rings. The molecule has 3 aliphatic rings. The lowest BCUT2D eigenvalue weighted by atomic mass is 9.84. The van der Waals surface area contributed by atoms with Crippen LogP contribution in [0.25, 0.3) is 10.2 Å². The van der Waals surface area contributed by atoms with Crippen molar-refractivity contribution >= 4 is 39.1 Å². The molecule has 2 atom stereocenters. The Morgan fingerprint density at radius 1 is 1.04 bits per heavy atom. The van der Waals surface area contributed by atoms with Crippen molar-refractivity contribution in [3.63, 3.8) is 0 Å². The van der Waals surface area contributed by atoms with Crippen LogP contribution in [0.15, 0.2) is 0 Å². The van der Waals surface area contributed by atoms with Crippen molar-refractivity contribution < 1.29 is 9.59 Å². The van der Waals surface area contributed by atoms with Crippen LogP contribution in [0.2, 0.25) is 0 Å². The van der Waals surface area contributed by atoms with Gasteiger partial charge in [-0.2, -0.15) is 5.10 Å². The Bertz CT molecular complexity index is 969. The Morgan fingerprint density at radius 2 is 1.68 bits per heavy atom. The number of anilines is 1. The van der Waals surface area contributed by atoms with Crippen LogP contribution < -0.4 is 5.73 Å². The normalized spacial score (nSPS) is 24.6. The lowest BCUT2D eigenvalue weighted by Crippen LogP contribution is -2.40. The van der Waals surface area contributed by atoms with Gasteiger partial charge in [0.15, 0.2) is 0 Å². The average molecular weight is 400 g/mol. The van der Waals surface area contributed by atoms with Gasteiger partial charge in [0, 0.05) is 49.3 Å². The van der Waals surface area contributed by atoms with E-state index in [1.807, 2.05) is 23.6 Å². The number of aromatic nitrogens is 2. The lowest BCUT2D eigenvalue weighted by molar-refractivity contribution is -0.137. The minimum absolute atomic E-state index is 0.0103. The van der Waals surface area contributed by atoms with Gasteiger partial charge in [-0.1, -0.05) is 6.42 Å². The van der Waals surface area contributed by atoms with Gasteiger partial charge in [0.05, 0.1) is 11.4 Å². The number of hydrogen-bond donors (Lipinski definition) is 1. The molecule has 2 aliphatic heterocycles. The molecule has 0 bridgehead atoms. The first-order chi connectivity index (χ1) is 13.4. The van der Waals surface area contributed by atoms with Crippen LogP contribution in [0.5, 0.6) is 0 Å². The fourth-order valence-corrected chi connectivity index (χ4v) is 5.86. The van der Waals surface area contributed by atoms with Gasteiger partial charge in [0.1, 0.15) is 9.71 Å². The number of nitrogens with two attached hydrogens (primary N) is 1. The van der Waals surface area contributed by atoms with Crippen LogP contribution in [-0.2, 0) is 4.79 Å². The van der Waals surface area contributed by atoms with E-state index < -0.39 is 0 Å². The Hall–Kier alpha value is -2.22. The van der Waals surface area contributed by atoms with Crippen molar-refractivity contribution in [1.29, 1.82) is 0 Å². The molecule has 0 aromatic carbocycles. The second-order valence-electron chi connectivity index (χ2n) is 8.54. The molecule has 1 saturated carbocycles. The molecule has 0 radical (unpaired) electrons. The topological polar surface area (TPSA) is 92.4 Å². The molecule has 2 saturated heterocycles. The van der Waals surface area contributed by atoms with Crippen molar-refractivity contribution in [2.75, 3.05) is 31.9 Å². The van der Waals surface area contributed by atoms with E-state index in [1.165, 1.54) is 17.8 Å². The van der Waals surface area contributed by atoms with E-state index in [0.717, 1.165) is 47.4 Å². The average Bonchev–Trinajstić information content (AvgIpc) is 3.27. The van der Waals surface area contributed by atoms with Crippen LogP contribution >= 0.6 is 11.3 Å². The molecule has 4 heterocycles. The lowest BCUT2D eigenvalue weighted by Gasteiger charge is -2.30. The van der Waals surface area contributed by atoms with Gasteiger partial charge in [0.25, 0.3) is 5.91 Å². The molecule has 2 aromatic rings. The quantitative estimate of drug-likeness (QED) is 0.836. The molecule has 148 valence electrons. The van der Waals surface area contributed by atoms with Crippen molar-refractivity contribution in [1.82, 2.24) is 20.0 Å². The number of carbonyl (C=O) groups excluding carboxylic acids is 2. The minimum Gasteiger partial charge on any atom is -0.397 e. The van der Waals surface area contributed by atoms with Crippen LogP contribution in [0.3, 0.4) is 0 Å². The number of aryl methyl sites for hydroxylation is 2. The first-order valence-corrected chi connectivity index (χ1v) is 10.9. The second kappa shape index (κ2) is 6.40. The maximum atomic E-state index is 13.2. The zero-order chi connectivity index (χ0) is 19.6. The van der Waals surface area contributed by atoms with E-state index >= 15 is 0 Å². The largest absolute Gasteiger partial charge is 0.397 e. The van der Waals surface area contributed by atoms with Gasteiger partial charge in [-0.25, -0.2) is 0 Å². The number of nitrogens with zero attached hydrogens (tertiary/aromatic N) is 4. The summed E-state index contributed by atoms with van der Waals surface area (Å²) in [6, 6.07) is 0. The molecular weight excluding hydrogens is 374 g/mol. The number of rotatable bonds is 2. The molecule has 2 N–H and O–H groups in total. The Balaban J connectivity index is 1.32. The summed E-state index contributed by atoms with van der Waals surface area (Å²) in [6.07, 6.45) is 3.27. The molecule has 5 rings (SSSR count). The number of hydrogen-bond acceptors (Lipinski definition) is 6. The summed E-state index contributed by atoms with van der Waals surface area (Å²) < 4.78 is 0. The van der Waals surface area contributed by atoms with E-state index in [4.69, 9.17) is 5.73 Å². The summed E-state index contributed by atoms with van der Waals surface area (Å²) in [5.74, 6) is 1.34. The highest BCUT2D eigenvalue weighted by molar-refractivity contribution is 7.21. The first-order valence-electron chi connectivity index (χ1n) is 10.0. The van der Waals surface area contributed by atoms with Crippen molar-refractivity contribution in [3.8, 4) is 0 Å². The zero-order valence-corrected chi connectivity index (χ0v) is 17.1. The van der Waals surface area contributed by atoms with Crippen LogP contribution in [0.1, 0.15) is 40.2 Å². The first kappa shape index (κ1) is 17.8. The molecule has 2 aromatic heterocycles. The summed E-state index contributed by atoms with van der Waals surface area (Å²) in [6.45, 7) is 6.85. The van der Waals surface area contributed by atoms with E-state index in [0.29, 0.717) is 41.4 Å². The van der Waals surface area contributed by atoms with Crippen molar-refractivity contribution in [2.45, 2.75) is 33.1 Å². The van der Waals surface area contributed by atoms with E-state index in [-0.39, 0.29) is 11.8 Å². The third kappa shape index (κ3) is 2.61. The summed E-state index contributed by atoms with van der Waals surface area (Å²) in [7, 11) is 0. The maximum absolute atomic E-state index is 13.2. The monoisotopic (exact) mass is 399 g/mol. The Morgan fingerprint density at radius 3 is 2.29 bits per heavy atom. The molecule has 8 heteroatoms. The predicted octanol–water partition coefficient (Wildman–Crippen LogP) is 2.22. The summed E-state index contributed by atoms with van der Waals surface area (Å²) in [5.41, 5.74) is 8.70. The van der Waals surface area contributed by atoms with Gasteiger partial charge in [-0.3, -0.25) is 9.59 Å². The highest BCUT2D eigenvalue weighted by Gasteiger charge is 2.45. The van der Waals surface area contributed by atoms with Crippen LogP contribution in [0.4, 0.5) is 5.69 Å². The molecule has 0 spiro atoms. The molecular formula is C20H25N5O2S. The fraction of sp³-hybridized carbons (Fsp3) is 0.600. The Labute approximate surface area is 167 Å². The van der Waals surface area contributed by atoms with E-state index in [2.05, 4.69) is 10.2 Å². The van der Waals surface area contributed by atoms with Crippen LogP contribution in [-0.4, -0.2) is 58.0 Å². The minimum atomic E-state index is -0.0103. The number of amides is 2. The highest BCUT2D eigenvalue weighted by Crippen LogP contribution is 2.39. The molecule has 7 nitrogen and oxygen atoms in total. The van der Waals surface area contributed by atoms with Gasteiger partial charge >= 0.3 is 0 Å². The smallest absolute Gasteiger partial charge is 0.266 e. The number of thiophene rings is 1. The van der Waals surface area contributed by atoms with E-state index in [9.17, 15) is 9.59 Å². The molecule has 1 aliphatic carbocycles. The molecule has 2 amide bonds. The number of likely N-dealkylation sites (tertiary alicyclic amines) is 2. The molecule has 28 heavy (non-hydrogen) atoms. The standard InChI is InChI=1S/C20H25N5O2S/c1-10-11(2)22-23-18-15(10)16(21)17(28-18)20(27)25-8-13-6-24(7-14(13)9-25)19(26)12-4-3-5-12/h12-14H,3-9,21H2,1-2H3. The van der Waals surface area contributed by atoms with Gasteiger partial charge in [-0.15, -0.1) is 16.4 Å². The van der Waals surface area contributed by atoms with Crippen molar-refractivity contribution in [3.05, 3.63) is 16.1 Å². The van der Waals surface area contributed by atoms with Gasteiger partial charge in [-0.05, 0) is 32.3 Å². The van der Waals surface area contributed by atoms with Crippen LogP contribution in [0, 0.1) is 31.6 Å². The summed E-state index contributed by atoms with van der Waals surface area (Å²) in [4.78, 5) is 30.9. The number of nitrogen functional groups attached to an aromatic ring is 1. The number of carbonyl (C=O) groups is 2. The predicted molar refractivity (Wildman–Crippen MR) is 108 cm³/mol. The zero-order valence-electron chi connectivity index (χ0n) is 16.3. The second-order valence-corrected chi connectivity index (χ2v) is 9.54. The van der Waals surface area contributed by atoms with E-state index in [1.54, 1.807) is 0 Å². The third-order valence-electron chi connectivity index (χ3n) is 6.87. The summed E-state index contributed by atoms with van der Waals surface area (Å²) >= 11 is 1.34. The maximum Gasteiger partial charge on any atom is 0.266 e. The third-order valence-corrected chi connectivity index (χ3v) is 7.95. The van der Waals surface area contributed by atoms with Crippen molar-refractivity contribution in [2.24, 2.45) is 17.8 Å². The SMILES string of the molecule is Cc1nnc2sc(C(=O)N3CC4CN(C(=O)C5CCC5)CC4C3)c(N)c2c1C. The fourth-order valence-electron chi connectivity index (χ4n) is 4.80. The highest BCUT2D eigenvalue weighted by atomic mass is 32.1. The Kier molecular flexibility index (Phi) is 4.08. The summed E-state index contributed by atoms with van der Waals surface area (Å²) in [5, 5.41) is 9.24. The molecule has 2 unspecified atom stereocenters. The number of fused-ring (bicyclic) bond motifs is 2. The van der Waals surface area contributed by atoms with Gasteiger partial charge < -0.3 is 15.5 Å².